The molecule has 1 amide bonds. The van der Waals surface area contributed by atoms with E-state index in [2.05, 4.69) is 55.7 Å². The van der Waals surface area contributed by atoms with Gasteiger partial charge in [0, 0.05) is 24.8 Å². The average molecular weight is 545 g/mol. The number of unbranched alkanes of at least 4 members (excludes halogenated alkanes) is 1. The molecule has 0 spiro atoms. The van der Waals surface area contributed by atoms with Crippen molar-refractivity contribution >= 4 is 5.91 Å². The average Bonchev–Trinajstić information content (AvgIpc) is 2.89. The Hall–Kier alpha value is -2.35. The molecule has 1 saturated carbocycles. The van der Waals surface area contributed by atoms with Gasteiger partial charge in [-0.05, 0) is 59.9 Å². The first kappa shape index (κ1) is 31.2. The summed E-state index contributed by atoms with van der Waals surface area (Å²) in [6.45, 7) is 9.21. The number of carbonyl (C=O) groups is 1. The van der Waals surface area contributed by atoms with Crippen LogP contribution < -0.4 is 10.6 Å². The maximum absolute atomic E-state index is 13.9. The molecule has 3 N–H and O–H groups in total. The number of benzene rings is 2. The van der Waals surface area contributed by atoms with E-state index in [0.29, 0.717) is 12.2 Å². The lowest BCUT2D eigenvalue weighted by Gasteiger charge is -2.41. The predicted octanol–water partition coefficient (Wildman–Crippen LogP) is 5.92. The lowest BCUT2D eigenvalue weighted by Crippen LogP contribution is -2.53. The summed E-state index contributed by atoms with van der Waals surface area (Å²) in [5.41, 5.74) is 2.56. The van der Waals surface area contributed by atoms with Crippen molar-refractivity contribution in [2.75, 3.05) is 19.8 Å². The van der Waals surface area contributed by atoms with E-state index < -0.39 is 23.8 Å². The van der Waals surface area contributed by atoms with Crippen LogP contribution in [0.15, 0.2) is 42.5 Å². The summed E-state index contributed by atoms with van der Waals surface area (Å²) in [5.74, 6) is -1.74. The molecular weight excluding hydrogens is 498 g/mol. The van der Waals surface area contributed by atoms with Gasteiger partial charge in [-0.2, -0.15) is 0 Å². The third-order valence-electron chi connectivity index (χ3n) is 7.70. The van der Waals surface area contributed by atoms with Crippen LogP contribution in [0, 0.1) is 11.6 Å². The molecule has 1 aliphatic rings. The van der Waals surface area contributed by atoms with Gasteiger partial charge in [-0.25, -0.2) is 8.78 Å². The minimum atomic E-state index is -0.986. The summed E-state index contributed by atoms with van der Waals surface area (Å²) in [5, 5.41) is 17.9. The van der Waals surface area contributed by atoms with Crippen LogP contribution >= 0.6 is 0 Å². The Morgan fingerprint density at radius 2 is 1.77 bits per heavy atom. The Balaban J connectivity index is 1.78. The number of carbonyl (C=O) groups excluding carboxylic acids is 1. The highest BCUT2D eigenvalue weighted by atomic mass is 19.1. The van der Waals surface area contributed by atoms with E-state index in [4.69, 9.17) is 4.74 Å². The van der Waals surface area contributed by atoms with Crippen molar-refractivity contribution in [2.24, 2.45) is 0 Å². The summed E-state index contributed by atoms with van der Waals surface area (Å²) in [6, 6.07) is 11.2. The SMILES string of the molecule is CCCCOCC(=O)NC(Cc1cc(F)cc(F)c1)C(O)CNC1(c2cccc(C(C)(C)C)c2)CCCCC1. The van der Waals surface area contributed by atoms with Crippen molar-refractivity contribution < 1.29 is 23.4 Å². The van der Waals surface area contributed by atoms with Gasteiger partial charge in [0.2, 0.25) is 5.91 Å². The first-order chi connectivity index (χ1) is 18.5. The normalized spacial score (nSPS) is 17.0. The van der Waals surface area contributed by atoms with Gasteiger partial charge in [0.25, 0.3) is 0 Å². The third-order valence-corrected chi connectivity index (χ3v) is 7.70. The molecule has 1 fully saturated rings. The number of hydrogen-bond donors (Lipinski definition) is 3. The van der Waals surface area contributed by atoms with Crippen LogP contribution in [0.1, 0.15) is 89.3 Å². The Morgan fingerprint density at radius 3 is 2.41 bits per heavy atom. The quantitative estimate of drug-likeness (QED) is 0.274. The van der Waals surface area contributed by atoms with Gasteiger partial charge in [-0.15, -0.1) is 0 Å². The Kier molecular flexibility index (Phi) is 11.5. The molecule has 5 nitrogen and oxygen atoms in total. The monoisotopic (exact) mass is 544 g/mol. The maximum Gasteiger partial charge on any atom is 0.246 e. The second-order valence-electron chi connectivity index (χ2n) is 12.0. The lowest BCUT2D eigenvalue weighted by molar-refractivity contribution is -0.127. The minimum absolute atomic E-state index is 0.0141. The highest BCUT2D eigenvalue weighted by molar-refractivity contribution is 5.77. The second-order valence-corrected chi connectivity index (χ2v) is 12.0. The lowest BCUT2D eigenvalue weighted by atomic mass is 9.74. The van der Waals surface area contributed by atoms with Crippen LogP contribution in [-0.2, 0) is 26.9 Å². The molecule has 2 aromatic carbocycles. The van der Waals surface area contributed by atoms with Crippen LogP contribution in [0.3, 0.4) is 0 Å². The number of halogens is 2. The standard InChI is InChI=1S/C32H46F2N2O3/c1-5-6-15-39-22-30(38)36-28(18-23-16-26(33)20-27(34)17-23)29(37)21-35-32(13-8-7-9-14-32)25-12-10-11-24(19-25)31(2,3)4/h10-12,16-17,19-20,28-29,35,37H,5-9,13-15,18,21-22H2,1-4H3,(H,36,38). The molecule has 0 saturated heterocycles. The number of nitrogens with one attached hydrogen (secondary N) is 2. The van der Waals surface area contributed by atoms with Crippen LogP contribution in [0.25, 0.3) is 0 Å². The molecule has 1 aliphatic carbocycles. The van der Waals surface area contributed by atoms with Gasteiger partial charge >= 0.3 is 0 Å². The molecule has 2 aromatic rings. The molecule has 0 heterocycles. The van der Waals surface area contributed by atoms with Gasteiger partial charge in [-0.1, -0.05) is 77.6 Å². The summed E-state index contributed by atoms with van der Waals surface area (Å²) in [4.78, 5) is 12.7. The molecule has 0 aliphatic heterocycles. The molecule has 0 aromatic heterocycles. The molecular formula is C32H46F2N2O3. The number of hydrogen-bond acceptors (Lipinski definition) is 4. The minimum Gasteiger partial charge on any atom is -0.390 e. The maximum atomic E-state index is 13.9. The number of ether oxygens (including phenoxy) is 1. The predicted molar refractivity (Wildman–Crippen MR) is 152 cm³/mol. The van der Waals surface area contributed by atoms with E-state index in [1.165, 1.54) is 29.7 Å². The summed E-state index contributed by atoms with van der Waals surface area (Å²) < 4.78 is 33.3. The molecule has 0 bridgehead atoms. The van der Waals surface area contributed by atoms with Crippen LogP contribution in [0.2, 0.25) is 0 Å². The number of rotatable bonds is 13. The topological polar surface area (TPSA) is 70.6 Å². The van der Waals surface area contributed by atoms with E-state index >= 15 is 0 Å². The van der Waals surface area contributed by atoms with Crippen molar-refractivity contribution in [1.29, 1.82) is 0 Å². The molecule has 0 radical (unpaired) electrons. The number of aliphatic hydroxyl groups is 1. The van der Waals surface area contributed by atoms with Gasteiger partial charge in [0.15, 0.2) is 0 Å². The second kappa shape index (κ2) is 14.3. The van der Waals surface area contributed by atoms with E-state index in [1.807, 2.05) is 6.92 Å². The zero-order valence-corrected chi connectivity index (χ0v) is 24.0. The highest BCUT2D eigenvalue weighted by Crippen LogP contribution is 2.38. The molecule has 3 rings (SSSR count). The fourth-order valence-corrected chi connectivity index (χ4v) is 5.37. The fourth-order valence-electron chi connectivity index (χ4n) is 5.37. The molecule has 2 unspecified atom stereocenters. The molecule has 39 heavy (non-hydrogen) atoms. The fraction of sp³-hybridized carbons (Fsp3) is 0.594. The van der Waals surface area contributed by atoms with Crippen LogP contribution in [0.4, 0.5) is 8.78 Å². The summed E-state index contributed by atoms with van der Waals surface area (Å²) in [7, 11) is 0. The van der Waals surface area contributed by atoms with Crippen molar-refractivity contribution in [1.82, 2.24) is 10.6 Å². The first-order valence-electron chi connectivity index (χ1n) is 14.4. The molecule has 2 atom stereocenters. The van der Waals surface area contributed by atoms with E-state index in [0.717, 1.165) is 44.6 Å². The van der Waals surface area contributed by atoms with Gasteiger partial charge in [0.05, 0.1) is 12.1 Å². The Labute approximate surface area is 232 Å². The van der Waals surface area contributed by atoms with E-state index in [-0.39, 0.29) is 36.4 Å². The zero-order chi connectivity index (χ0) is 28.5. The summed E-state index contributed by atoms with van der Waals surface area (Å²) >= 11 is 0. The van der Waals surface area contributed by atoms with Crippen LogP contribution in [-0.4, -0.2) is 42.9 Å². The Morgan fingerprint density at radius 1 is 1.08 bits per heavy atom. The van der Waals surface area contributed by atoms with E-state index in [9.17, 15) is 18.7 Å². The smallest absolute Gasteiger partial charge is 0.246 e. The summed E-state index contributed by atoms with van der Waals surface area (Å²) in [6.07, 6.45) is 6.15. The van der Waals surface area contributed by atoms with Crippen molar-refractivity contribution in [3.63, 3.8) is 0 Å². The van der Waals surface area contributed by atoms with E-state index in [1.54, 1.807) is 0 Å². The molecule has 216 valence electrons. The number of amides is 1. The first-order valence-corrected chi connectivity index (χ1v) is 14.4. The third kappa shape index (κ3) is 9.37. The van der Waals surface area contributed by atoms with Gasteiger partial charge in [-0.3, -0.25) is 4.79 Å². The van der Waals surface area contributed by atoms with Crippen molar-refractivity contribution in [2.45, 2.75) is 102 Å². The van der Waals surface area contributed by atoms with Gasteiger partial charge in [0.1, 0.15) is 18.2 Å². The molecule has 7 heteroatoms. The van der Waals surface area contributed by atoms with Crippen LogP contribution in [0.5, 0.6) is 0 Å². The Bertz CT molecular complexity index is 1040. The van der Waals surface area contributed by atoms with Crippen molar-refractivity contribution in [3.05, 3.63) is 70.8 Å². The highest BCUT2D eigenvalue weighted by Gasteiger charge is 2.35. The number of aliphatic hydroxyl groups excluding tert-OH is 1. The van der Waals surface area contributed by atoms with Gasteiger partial charge < -0.3 is 20.5 Å². The van der Waals surface area contributed by atoms with Crippen molar-refractivity contribution in [3.8, 4) is 0 Å². The largest absolute Gasteiger partial charge is 0.390 e. The zero-order valence-electron chi connectivity index (χ0n) is 24.0.